The van der Waals surface area contributed by atoms with Crippen molar-refractivity contribution in [3.8, 4) is 0 Å². The molecule has 21 heavy (non-hydrogen) atoms. The van der Waals surface area contributed by atoms with Gasteiger partial charge in [-0.2, -0.15) is 0 Å². The normalized spacial score (nSPS) is 21.1. The number of rotatable bonds is 7. The predicted molar refractivity (Wildman–Crippen MR) is 91.6 cm³/mol. The van der Waals surface area contributed by atoms with Crippen LogP contribution in [0.25, 0.3) is 0 Å². The van der Waals surface area contributed by atoms with Crippen molar-refractivity contribution in [2.45, 2.75) is 46.6 Å². The van der Waals surface area contributed by atoms with Gasteiger partial charge in [0.1, 0.15) is 0 Å². The summed E-state index contributed by atoms with van der Waals surface area (Å²) in [7, 11) is 0. The van der Waals surface area contributed by atoms with E-state index in [2.05, 4.69) is 62.2 Å². The minimum absolute atomic E-state index is 0.465. The lowest BCUT2D eigenvalue weighted by Crippen LogP contribution is -2.34. The summed E-state index contributed by atoms with van der Waals surface area (Å²) in [6, 6.07) is 9.64. The summed E-state index contributed by atoms with van der Waals surface area (Å²) in [5, 5.41) is 3.67. The molecule has 1 heterocycles. The zero-order valence-corrected chi connectivity index (χ0v) is 14.2. The molecule has 1 aromatic carbocycles. The van der Waals surface area contributed by atoms with Crippen molar-refractivity contribution in [3.63, 3.8) is 0 Å². The Labute approximate surface area is 130 Å². The van der Waals surface area contributed by atoms with Crippen LogP contribution in [0.2, 0.25) is 0 Å². The molecule has 0 radical (unpaired) electrons. The van der Waals surface area contributed by atoms with Crippen LogP contribution >= 0.6 is 0 Å². The smallest absolute Gasteiger partial charge is 0.0449 e. The molecule has 2 unspecified atom stereocenters. The second-order valence-electron chi connectivity index (χ2n) is 6.76. The van der Waals surface area contributed by atoms with Crippen molar-refractivity contribution >= 4 is 0 Å². The first-order chi connectivity index (χ1) is 10.1. The molecule has 0 aromatic heterocycles. The maximum atomic E-state index is 3.67. The quantitative estimate of drug-likeness (QED) is 0.819. The molecule has 2 atom stereocenters. The van der Waals surface area contributed by atoms with E-state index in [1.807, 2.05) is 0 Å². The topological polar surface area (TPSA) is 15.3 Å². The molecule has 1 saturated heterocycles. The summed E-state index contributed by atoms with van der Waals surface area (Å²) < 4.78 is 0. The van der Waals surface area contributed by atoms with E-state index < -0.39 is 0 Å². The number of hydrogen-bond donors (Lipinski definition) is 1. The van der Waals surface area contributed by atoms with E-state index in [1.54, 1.807) is 0 Å². The Morgan fingerprint density at radius 1 is 1.19 bits per heavy atom. The number of nitrogens with zero attached hydrogens (tertiary/aromatic N) is 1. The summed E-state index contributed by atoms with van der Waals surface area (Å²) >= 11 is 0. The average Bonchev–Trinajstić information content (AvgIpc) is 2.96. The molecule has 1 fully saturated rings. The molecule has 2 heteroatoms. The van der Waals surface area contributed by atoms with Crippen molar-refractivity contribution in [1.29, 1.82) is 0 Å². The standard InChI is InChI=1S/C19H32N2/c1-5-16-7-9-17(10-8-16)19(20-6-2)14-21-12-11-18(13-21)15(3)4/h7-10,15,18-20H,5-6,11-14H2,1-4H3. The molecule has 2 rings (SSSR count). The van der Waals surface area contributed by atoms with Gasteiger partial charge >= 0.3 is 0 Å². The van der Waals surface area contributed by atoms with E-state index in [9.17, 15) is 0 Å². The first kappa shape index (κ1) is 16.5. The summed E-state index contributed by atoms with van der Waals surface area (Å²) in [6.07, 6.45) is 2.49. The molecular weight excluding hydrogens is 256 g/mol. The van der Waals surface area contributed by atoms with Gasteiger partial charge < -0.3 is 10.2 Å². The third-order valence-corrected chi connectivity index (χ3v) is 4.93. The third-order valence-electron chi connectivity index (χ3n) is 4.93. The molecular formula is C19H32N2. The lowest BCUT2D eigenvalue weighted by molar-refractivity contribution is 0.271. The summed E-state index contributed by atoms with van der Waals surface area (Å²) in [6.45, 7) is 13.8. The fraction of sp³-hybridized carbons (Fsp3) is 0.684. The van der Waals surface area contributed by atoms with E-state index in [0.29, 0.717) is 6.04 Å². The van der Waals surface area contributed by atoms with Crippen LogP contribution in [-0.4, -0.2) is 31.1 Å². The maximum absolute atomic E-state index is 3.67. The molecule has 1 aliphatic heterocycles. The van der Waals surface area contributed by atoms with Crippen LogP contribution in [0, 0.1) is 11.8 Å². The Morgan fingerprint density at radius 3 is 2.43 bits per heavy atom. The zero-order valence-electron chi connectivity index (χ0n) is 14.2. The molecule has 1 aromatic rings. The van der Waals surface area contributed by atoms with E-state index >= 15 is 0 Å². The van der Waals surface area contributed by atoms with Crippen LogP contribution in [0.3, 0.4) is 0 Å². The lowest BCUT2D eigenvalue weighted by atomic mass is 9.95. The fourth-order valence-corrected chi connectivity index (χ4v) is 3.35. The van der Waals surface area contributed by atoms with E-state index in [-0.39, 0.29) is 0 Å². The zero-order chi connectivity index (χ0) is 15.2. The van der Waals surface area contributed by atoms with Gasteiger partial charge in [0.2, 0.25) is 0 Å². The first-order valence-corrected chi connectivity index (χ1v) is 8.68. The molecule has 0 spiro atoms. The van der Waals surface area contributed by atoms with Crippen molar-refractivity contribution in [3.05, 3.63) is 35.4 Å². The van der Waals surface area contributed by atoms with Gasteiger partial charge in [-0.25, -0.2) is 0 Å². The van der Waals surface area contributed by atoms with Crippen molar-refractivity contribution in [1.82, 2.24) is 10.2 Å². The number of likely N-dealkylation sites (N-methyl/N-ethyl adjacent to an activating group) is 1. The van der Waals surface area contributed by atoms with Gasteiger partial charge in [0.15, 0.2) is 0 Å². The van der Waals surface area contributed by atoms with E-state index in [0.717, 1.165) is 31.3 Å². The van der Waals surface area contributed by atoms with Crippen LogP contribution in [0.1, 0.15) is 51.3 Å². The Kier molecular flexibility index (Phi) is 6.25. The summed E-state index contributed by atoms with van der Waals surface area (Å²) in [5.74, 6) is 1.70. The number of nitrogens with one attached hydrogen (secondary N) is 1. The number of aryl methyl sites for hydroxylation is 1. The van der Waals surface area contributed by atoms with Crippen LogP contribution in [-0.2, 0) is 6.42 Å². The minimum Gasteiger partial charge on any atom is -0.309 e. The first-order valence-electron chi connectivity index (χ1n) is 8.68. The van der Waals surface area contributed by atoms with Crippen LogP contribution in [0.4, 0.5) is 0 Å². The fourth-order valence-electron chi connectivity index (χ4n) is 3.35. The van der Waals surface area contributed by atoms with Gasteiger partial charge in [0.05, 0.1) is 0 Å². The highest BCUT2D eigenvalue weighted by molar-refractivity contribution is 5.25. The van der Waals surface area contributed by atoms with Crippen molar-refractivity contribution in [2.75, 3.05) is 26.2 Å². The Balaban J connectivity index is 1.98. The van der Waals surface area contributed by atoms with Crippen LogP contribution < -0.4 is 5.32 Å². The Morgan fingerprint density at radius 2 is 1.90 bits per heavy atom. The van der Waals surface area contributed by atoms with Gasteiger partial charge in [-0.3, -0.25) is 0 Å². The number of likely N-dealkylation sites (tertiary alicyclic amines) is 1. The number of benzene rings is 1. The largest absolute Gasteiger partial charge is 0.309 e. The summed E-state index contributed by atoms with van der Waals surface area (Å²) in [4.78, 5) is 2.64. The highest BCUT2D eigenvalue weighted by Gasteiger charge is 2.26. The SMILES string of the molecule is CCNC(CN1CCC(C(C)C)C1)c1ccc(CC)cc1. The second kappa shape index (κ2) is 7.95. The highest BCUT2D eigenvalue weighted by atomic mass is 15.2. The molecule has 0 saturated carbocycles. The van der Waals surface area contributed by atoms with Crippen LogP contribution in [0.15, 0.2) is 24.3 Å². The molecule has 2 nitrogen and oxygen atoms in total. The van der Waals surface area contributed by atoms with Gasteiger partial charge in [-0.1, -0.05) is 52.0 Å². The predicted octanol–water partition coefficient (Wildman–Crippen LogP) is 3.88. The minimum atomic E-state index is 0.465. The average molecular weight is 288 g/mol. The maximum Gasteiger partial charge on any atom is 0.0449 e. The Hall–Kier alpha value is -0.860. The molecule has 0 amide bonds. The van der Waals surface area contributed by atoms with Crippen LogP contribution in [0.5, 0.6) is 0 Å². The summed E-state index contributed by atoms with van der Waals surface area (Å²) in [5.41, 5.74) is 2.86. The monoisotopic (exact) mass is 288 g/mol. The Bertz CT molecular complexity index is 410. The molecule has 0 bridgehead atoms. The van der Waals surface area contributed by atoms with Crippen molar-refractivity contribution < 1.29 is 0 Å². The lowest BCUT2D eigenvalue weighted by Gasteiger charge is -2.25. The van der Waals surface area contributed by atoms with Gasteiger partial charge in [0, 0.05) is 19.1 Å². The second-order valence-corrected chi connectivity index (χ2v) is 6.76. The van der Waals surface area contributed by atoms with Gasteiger partial charge in [-0.05, 0) is 48.9 Å². The van der Waals surface area contributed by atoms with Gasteiger partial charge in [-0.15, -0.1) is 0 Å². The highest BCUT2D eigenvalue weighted by Crippen LogP contribution is 2.25. The molecule has 1 aliphatic rings. The van der Waals surface area contributed by atoms with E-state index in [4.69, 9.17) is 0 Å². The number of hydrogen-bond acceptors (Lipinski definition) is 2. The molecule has 1 N–H and O–H groups in total. The third kappa shape index (κ3) is 4.55. The molecule has 0 aliphatic carbocycles. The molecule has 118 valence electrons. The van der Waals surface area contributed by atoms with Crippen molar-refractivity contribution in [2.24, 2.45) is 11.8 Å². The van der Waals surface area contributed by atoms with E-state index in [1.165, 1.54) is 30.6 Å². The van der Waals surface area contributed by atoms with Gasteiger partial charge in [0.25, 0.3) is 0 Å².